The van der Waals surface area contributed by atoms with Gasteiger partial charge in [-0.1, -0.05) is 24.3 Å². The normalized spacial score (nSPS) is 16.0. The van der Waals surface area contributed by atoms with Crippen LogP contribution in [0.15, 0.2) is 60.3 Å². The lowest BCUT2D eigenvalue weighted by atomic mass is 9.90. The Labute approximate surface area is 192 Å². The van der Waals surface area contributed by atoms with Crippen LogP contribution in [0.5, 0.6) is 0 Å². The number of hydrogen-bond donors (Lipinski definition) is 2. The van der Waals surface area contributed by atoms with E-state index in [2.05, 4.69) is 10.4 Å². The first-order valence-corrected chi connectivity index (χ1v) is 10.8. The van der Waals surface area contributed by atoms with E-state index < -0.39 is 5.92 Å². The summed E-state index contributed by atoms with van der Waals surface area (Å²) in [5.41, 5.74) is 5.30. The molecule has 0 aliphatic carbocycles. The molecule has 4 rings (SSSR count). The Balaban J connectivity index is 1.62. The maximum Gasteiger partial charge on any atom is 0.253 e. The molecule has 1 aromatic heterocycles. The molecule has 33 heavy (non-hydrogen) atoms. The van der Waals surface area contributed by atoms with E-state index in [9.17, 15) is 14.3 Å². The summed E-state index contributed by atoms with van der Waals surface area (Å²) in [6.45, 7) is 4.52. The maximum atomic E-state index is 13.8. The lowest BCUT2D eigenvalue weighted by molar-refractivity contribution is -0.125. The topological polar surface area (TPSA) is 79.6 Å². The number of aliphatic hydroxyl groups excluding tert-OH is 1. The number of aryl methyl sites for hydroxylation is 2. The summed E-state index contributed by atoms with van der Waals surface area (Å²) in [4.78, 5) is 18.9. The standard InChI is InChI=1S/C25H27FN4O3/c1-16-7-8-19(24-11-17(2)30(28-24)9-10-31)13-23(16)27-25(32)21-14-29(3)33-15-22(21)18-5-4-6-20(26)12-18/h4-8,11-14,22,31H,9-10,15H2,1-3H3,(H,27,32)/t22-/m0/s1. The molecule has 0 bridgehead atoms. The van der Waals surface area contributed by atoms with Crippen molar-refractivity contribution in [3.8, 4) is 11.3 Å². The zero-order valence-electron chi connectivity index (χ0n) is 18.9. The van der Waals surface area contributed by atoms with E-state index >= 15 is 0 Å². The Kier molecular flexibility index (Phi) is 6.57. The second-order valence-corrected chi connectivity index (χ2v) is 8.14. The van der Waals surface area contributed by atoms with Crippen LogP contribution in [0.1, 0.15) is 22.7 Å². The molecule has 0 radical (unpaired) electrons. The van der Waals surface area contributed by atoms with Crippen LogP contribution in [0.25, 0.3) is 11.3 Å². The third-order valence-electron chi connectivity index (χ3n) is 5.73. The lowest BCUT2D eigenvalue weighted by Crippen LogP contribution is -2.31. The predicted octanol–water partition coefficient (Wildman–Crippen LogP) is 3.78. The highest BCUT2D eigenvalue weighted by molar-refractivity contribution is 6.05. The van der Waals surface area contributed by atoms with Gasteiger partial charge in [-0.2, -0.15) is 5.10 Å². The predicted molar refractivity (Wildman–Crippen MR) is 124 cm³/mol. The number of aromatic nitrogens is 2. The van der Waals surface area contributed by atoms with Gasteiger partial charge in [-0.15, -0.1) is 0 Å². The number of rotatable bonds is 6. The van der Waals surface area contributed by atoms with E-state index in [4.69, 9.17) is 4.84 Å². The first kappa shape index (κ1) is 22.7. The Morgan fingerprint density at radius 3 is 2.82 bits per heavy atom. The summed E-state index contributed by atoms with van der Waals surface area (Å²) in [5.74, 6) is -1.02. The molecule has 0 saturated carbocycles. The van der Waals surface area contributed by atoms with Gasteiger partial charge in [0.2, 0.25) is 0 Å². The van der Waals surface area contributed by atoms with Gasteiger partial charge in [-0.05, 0) is 49.2 Å². The maximum absolute atomic E-state index is 13.8. The molecule has 2 N–H and O–H groups in total. The summed E-state index contributed by atoms with van der Waals surface area (Å²) in [6.07, 6.45) is 1.63. The third kappa shape index (κ3) is 4.97. The number of amides is 1. The van der Waals surface area contributed by atoms with Gasteiger partial charge in [0.15, 0.2) is 0 Å². The molecule has 0 spiro atoms. The van der Waals surface area contributed by atoms with Gasteiger partial charge >= 0.3 is 0 Å². The monoisotopic (exact) mass is 450 g/mol. The van der Waals surface area contributed by atoms with Crippen molar-refractivity contribution in [2.24, 2.45) is 0 Å². The molecule has 3 aromatic rings. The smallest absolute Gasteiger partial charge is 0.253 e. The van der Waals surface area contributed by atoms with Crippen LogP contribution in [0.3, 0.4) is 0 Å². The van der Waals surface area contributed by atoms with E-state index in [0.29, 0.717) is 23.4 Å². The molecule has 2 heterocycles. The Hall–Kier alpha value is -3.49. The van der Waals surface area contributed by atoms with Crippen molar-refractivity contribution >= 4 is 11.6 Å². The minimum absolute atomic E-state index is 0.0108. The zero-order valence-corrected chi connectivity index (χ0v) is 18.9. The number of carbonyl (C=O) groups is 1. The van der Waals surface area contributed by atoms with E-state index in [1.54, 1.807) is 30.1 Å². The van der Waals surface area contributed by atoms with Crippen LogP contribution in [-0.2, 0) is 16.2 Å². The highest BCUT2D eigenvalue weighted by Crippen LogP contribution is 2.31. The quantitative estimate of drug-likeness (QED) is 0.598. The van der Waals surface area contributed by atoms with Crippen molar-refractivity contribution in [2.75, 3.05) is 25.6 Å². The van der Waals surface area contributed by atoms with Crippen molar-refractivity contribution in [2.45, 2.75) is 26.3 Å². The number of halogens is 1. The lowest BCUT2D eigenvalue weighted by Gasteiger charge is -2.29. The summed E-state index contributed by atoms with van der Waals surface area (Å²) < 4.78 is 15.6. The number of anilines is 1. The number of benzene rings is 2. The first-order valence-electron chi connectivity index (χ1n) is 10.8. The largest absolute Gasteiger partial charge is 0.394 e. The highest BCUT2D eigenvalue weighted by Gasteiger charge is 2.28. The van der Waals surface area contributed by atoms with Crippen LogP contribution in [0, 0.1) is 19.7 Å². The number of hydroxylamine groups is 2. The molecule has 172 valence electrons. The fraction of sp³-hybridized carbons (Fsp3) is 0.280. The molecule has 1 amide bonds. The molecule has 1 aliphatic rings. The molecule has 0 saturated heterocycles. The fourth-order valence-electron chi connectivity index (χ4n) is 3.90. The SMILES string of the molecule is Cc1ccc(-c2cc(C)n(CCO)n2)cc1NC(=O)C1=CN(C)OC[C@H]1c1cccc(F)c1. The van der Waals surface area contributed by atoms with Crippen molar-refractivity contribution in [1.29, 1.82) is 0 Å². The van der Waals surface area contributed by atoms with Gasteiger partial charge in [0, 0.05) is 41.7 Å². The highest BCUT2D eigenvalue weighted by atomic mass is 19.1. The summed E-state index contributed by atoms with van der Waals surface area (Å²) in [7, 11) is 1.71. The van der Waals surface area contributed by atoms with Gasteiger partial charge in [-0.25, -0.2) is 4.39 Å². The van der Waals surface area contributed by atoms with Gasteiger partial charge in [0.05, 0.1) is 25.5 Å². The third-order valence-corrected chi connectivity index (χ3v) is 5.73. The van der Waals surface area contributed by atoms with Crippen molar-refractivity contribution < 1.29 is 19.1 Å². The zero-order chi connectivity index (χ0) is 23.5. The van der Waals surface area contributed by atoms with E-state index in [-0.39, 0.29) is 24.9 Å². The fourth-order valence-corrected chi connectivity index (χ4v) is 3.90. The molecule has 1 atom stereocenters. The number of aliphatic hydroxyl groups is 1. The molecular formula is C25H27FN4O3. The minimum atomic E-state index is -0.391. The Bertz CT molecular complexity index is 1200. The molecule has 8 heteroatoms. The van der Waals surface area contributed by atoms with E-state index in [1.807, 2.05) is 38.1 Å². The van der Waals surface area contributed by atoms with Crippen molar-refractivity contribution in [1.82, 2.24) is 14.8 Å². The van der Waals surface area contributed by atoms with Crippen LogP contribution < -0.4 is 5.32 Å². The van der Waals surface area contributed by atoms with Gasteiger partial charge in [0.25, 0.3) is 5.91 Å². The van der Waals surface area contributed by atoms with Crippen LogP contribution >= 0.6 is 0 Å². The first-order chi connectivity index (χ1) is 15.9. The molecule has 0 fully saturated rings. The molecule has 7 nitrogen and oxygen atoms in total. The van der Waals surface area contributed by atoms with E-state index in [0.717, 1.165) is 22.5 Å². The van der Waals surface area contributed by atoms with Crippen LogP contribution in [0.2, 0.25) is 0 Å². The van der Waals surface area contributed by atoms with Crippen molar-refractivity contribution in [3.63, 3.8) is 0 Å². The molecular weight excluding hydrogens is 423 g/mol. The molecule has 1 aliphatic heterocycles. The second-order valence-electron chi connectivity index (χ2n) is 8.14. The van der Waals surface area contributed by atoms with E-state index in [1.165, 1.54) is 17.2 Å². The Morgan fingerprint density at radius 1 is 1.24 bits per heavy atom. The second kappa shape index (κ2) is 9.56. The number of nitrogens with zero attached hydrogens (tertiary/aromatic N) is 3. The van der Waals surface area contributed by atoms with Crippen LogP contribution in [0.4, 0.5) is 10.1 Å². The summed E-state index contributed by atoms with van der Waals surface area (Å²) >= 11 is 0. The minimum Gasteiger partial charge on any atom is -0.394 e. The van der Waals surface area contributed by atoms with Gasteiger partial charge in [0.1, 0.15) is 5.82 Å². The summed E-state index contributed by atoms with van der Waals surface area (Å²) in [6, 6.07) is 13.9. The van der Waals surface area contributed by atoms with Crippen LogP contribution in [-0.4, -0.2) is 46.1 Å². The van der Waals surface area contributed by atoms with Gasteiger partial charge in [-0.3, -0.25) is 19.4 Å². The van der Waals surface area contributed by atoms with Crippen molar-refractivity contribution in [3.05, 3.63) is 82.9 Å². The van der Waals surface area contributed by atoms with Gasteiger partial charge < -0.3 is 10.4 Å². The Morgan fingerprint density at radius 2 is 2.06 bits per heavy atom. The number of nitrogens with one attached hydrogen (secondary N) is 1. The average molecular weight is 451 g/mol. The average Bonchev–Trinajstić information content (AvgIpc) is 3.15. The molecule has 0 unspecified atom stereocenters. The number of carbonyl (C=O) groups excluding carboxylic acids is 1. The summed E-state index contributed by atoms with van der Waals surface area (Å²) in [5, 5.41) is 18.3. The number of hydrogen-bond acceptors (Lipinski definition) is 5. The molecule has 2 aromatic carbocycles.